The molecule has 1 aromatic carbocycles. The van der Waals surface area contributed by atoms with Crippen LogP contribution in [0.4, 0.5) is 0 Å². The SMILES string of the molecule is CO[C@H]1C[C@@H]2[C@H](CC[C@]3(C)[C@@H](O)CC[C@@H]23)c2ccc(O)cc21. The van der Waals surface area contributed by atoms with E-state index in [1.54, 1.807) is 7.11 Å². The van der Waals surface area contributed by atoms with Gasteiger partial charge in [0.15, 0.2) is 0 Å². The van der Waals surface area contributed by atoms with E-state index in [0.29, 0.717) is 23.5 Å². The minimum Gasteiger partial charge on any atom is -0.508 e. The summed E-state index contributed by atoms with van der Waals surface area (Å²) >= 11 is 0. The molecule has 6 atom stereocenters. The number of phenols is 1. The second-order valence-electron chi connectivity index (χ2n) is 7.79. The minimum atomic E-state index is -0.138. The van der Waals surface area contributed by atoms with Crippen LogP contribution < -0.4 is 0 Å². The predicted molar refractivity (Wildman–Crippen MR) is 84.8 cm³/mol. The van der Waals surface area contributed by atoms with Gasteiger partial charge in [0.05, 0.1) is 12.2 Å². The average Bonchev–Trinajstić information content (AvgIpc) is 2.82. The number of hydrogen-bond acceptors (Lipinski definition) is 3. The quantitative estimate of drug-likeness (QED) is 0.830. The summed E-state index contributed by atoms with van der Waals surface area (Å²) in [4.78, 5) is 0. The molecule has 0 aromatic heterocycles. The van der Waals surface area contributed by atoms with E-state index in [9.17, 15) is 10.2 Å². The number of rotatable bonds is 1. The lowest BCUT2D eigenvalue weighted by atomic mass is 9.55. The van der Waals surface area contributed by atoms with Gasteiger partial charge < -0.3 is 14.9 Å². The highest BCUT2D eigenvalue weighted by Crippen LogP contribution is 2.62. The van der Waals surface area contributed by atoms with Crippen LogP contribution in [0, 0.1) is 17.3 Å². The van der Waals surface area contributed by atoms with E-state index < -0.39 is 0 Å². The van der Waals surface area contributed by atoms with Gasteiger partial charge in [0.2, 0.25) is 0 Å². The molecule has 120 valence electrons. The first-order chi connectivity index (χ1) is 10.5. The maximum absolute atomic E-state index is 10.5. The van der Waals surface area contributed by atoms with Crippen molar-refractivity contribution in [3.05, 3.63) is 29.3 Å². The summed E-state index contributed by atoms with van der Waals surface area (Å²) in [5.41, 5.74) is 2.63. The number of ether oxygens (including phenoxy) is 1. The van der Waals surface area contributed by atoms with Gasteiger partial charge in [-0.25, -0.2) is 0 Å². The van der Waals surface area contributed by atoms with Crippen LogP contribution in [0.1, 0.15) is 62.2 Å². The second kappa shape index (κ2) is 4.97. The lowest BCUT2D eigenvalue weighted by Crippen LogP contribution is -2.44. The van der Waals surface area contributed by atoms with Crippen LogP contribution in [0.15, 0.2) is 18.2 Å². The molecule has 3 aliphatic carbocycles. The van der Waals surface area contributed by atoms with Gasteiger partial charge in [-0.3, -0.25) is 0 Å². The fraction of sp³-hybridized carbons (Fsp3) is 0.684. The molecule has 0 heterocycles. The van der Waals surface area contributed by atoms with Crippen molar-refractivity contribution in [1.82, 2.24) is 0 Å². The zero-order chi connectivity index (χ0) is 15.5. The fourth-order valence-electron chi connectivity index (χ4n) is 5.75. The molecule has 0 saturated heterocycles. The van der Waals surface area contributed by atoms with E-state index in [1.165, 1.54) is 11.1 Å². The summed E-state index contributed by atoms with van der Waals surface area (Å²) in [5, 5.41) is 20.3. The summed E-state index contributed by atoms with van der Waals surface area (Å²) in [6.07, 6.45) is 5.29. The van der Waals surface area contributed by atoms with Crippen LogP contribution in [0.25, 0.3) is 0 Å². The van der Waals surface area contributed by atoms with Gasteiger partial charge in [0.25, 0.3) is 0 Å². The molecule has 0 radical (unpaired) electrons. The van der Waals surface area contributed by atoms with Crippen LogP contribution in [0.3, 0.4) is 0 Å². The van der Waals surface area contributed by atoms with Crippen LogP contribution in [-0.4, -0.2) is 23.4 Å². The Hall–Kier alpha value is -1.06. The van der Waals surface area contributed by atoms with Crippen molar-refractivity contribution in [2.24, 2.45) is 17.3 Å². The van der Waals surface area contributed by atoms with Gasteiger partial charge in [-0.2, -0.15) is 0 Å². The van der Waals surface area contributed by atoms with Crippen LogP contribution in [0.2, 0.25) is 0 Å². The van der Waals surface area contributed by atoms with Gasteiger partial charge in [-0.05, 0) is 78.5 Å². The molecular formula is C19H26O3. The summed E-state index contributed by atoms with van der Waals surface area (Å²) in [5.74, 6) is 2.08. The van der Waals surface area contributed by atoms with Crippen molar-refractivity contribution < 1.29 is 14.9 Å². The maximum atomic E-state index is 10.5. The molecule has 22 heavy (non-hydrogen) atoms. The fourth-order valence-corrected chi connectivity index (χ4v) is 5.75. The zero-order valence-electron chi connectivity index (χ0n) is 13.5. The molecule has 2 N–H and O–H groups in total. The zero-order valence-corrected chi connectivity index (χ0v) is 13.5. The summed E-state index contributed by atoms with van der Waals surface area (Å²) in [6.45, 7) is 2.29. The largest absolute Gasteiger partial charge is 0.508 e. The Bertz CT molecular complexity index is 584. The van der Waals surface area contributed by atoms with Gasteiger partial charge in [-0.15, -0.1) is 0 Å². The molecular weight excluding hydrogens is 276 g/mol. The Kier molecular flexibility index (Phi) is 3.28. The van der Waals surface area contributed by atoms with Crippen LogP contribution >= 0.6 is 0 Å². The molecule has 3 aliphatic rings. The van der Waals surface area contributed by atoms with E-state index in [0.717, 1.165) is 32.1 Å². The van der Waals surface area contributed by atoms with Crippen LogP contribution in [0.5, 0.6) is 5.75 Å². The molecule has 2 fully saturated rings. The van der Waals surface area contributed by atoms with E-state index >= 15 is 0 Å². The van der Waals surface area contributed by atoms with Crippen molar-refractivity contribution >= 4 is 0 Å². The molecule has 4 rings (SSSR count). The van der Waals surface area contributed by atoms with E-state index in [1.807, 2.05) is 12.1 Å². The monoisotopic (exact) mass is 302 g/mol. The first-order valence-electron chi connectivity index (χ1n) is 8.58. The maximum Gasteiger partial charge on any atom is 0.115 e. The Morgan fingerprint density at radius 2 is 2.00 bits per heavy atom. The first-order valence-corrected chi connectivity index (χ1v) is 8.58. The Morgan fingerprint density at radius 1 is 1.18 bits per heavy atom. The lowest BCUT2D eigenvalue weighted by molar-refractivity contribution is -0.0432. The summed E-state index contributed by atoms with van der Waals surface area (Å²) in [6, 6.07) is 5.80. The number of aromatic hydroxyl groups is 1. The molecule has 0 aliphatic heterocycles. The molecule has 0 unspecified atom stereocenters. The van der Waals surface area contributed by atoms with Gasteiger partial charge >= 0.3 is 0 Å². The second-order valence-corrected chi connectivity index (χ2v) is 7.79. The highest BCUT2D eigenvalue weighted by Gasteiger charge is 2.55. The smallest absolute Gasteiger partial charge is 0.115 e. The molecule has 3 nitrogen and oxygen atoms in total. The number of benzene rings is 1. The highest BCUT2D eigenvalue weighted by atomic mass is 16.5. The number of methoxy groups -OCH3 is 1. The molecule has 1 aromatic rings. The predicted octanol–water partition coefficient (Wildman–Crippen LogP) is 3.75. The highest BCUT2D eigenvalue weighted by molar-refractivity contribution is 5.41. The average molecular weight is 302 g/mol. The van der Waals surface area contributed by atoms with Crippen molar-refractivity contribution in [3.8, 4) is 5.75 Å². The normalized spacial score (nSPS) is 43.3. The van der Waals surface area contributed by atoms with E-state index in [4.69, 9.17) is 4.74 Å². The number of phenolic OH excluding ortho intramolecular Hbond substituents is 1. The Morgan fingerprint density at radius 3 is 2.77 bits per heavy atom. The molecule has 2 saturated carbocycles. The van der Waals surface area contributed by atoms with E-state index in [2.05, 4.69) is 13.0 Å². The lowest BCUT2D eigenvalue weighted by Gasteiger charge is -2.51. The number of hydrogen-bond donors (Lipinski definition) is 2. The standard InChI is InChI=1S/C19H26O3/c1-19-8-7-13-12-4-3-11(20)9-15(12)17(22-2)10-14(13)16(19)5-6-18(19)21/h3-4,9,13-14,16-18,20-21H,5-8,10H2,1-2H3/t13-,14-,16+,17+,18+,19+/m1/s1. The molecule has 3 heteroatoms. The van der Waals surface area contributed by atoms with E-state index in [-0.39, 0.29) is 17.6 Å². The minimum absolute atomic E-state index is 0.0726. The van der Waals surface area contributed by atoms with Crippen molar-refractivity contribution in [3.63, 3.8) is 0 Å². The molecule has 0 spiro atoms. The Balaban J connectivity index is 1.76. The summed E-state index contributed by atoms with van der Waals surface area (Å²) < 4.78 is 5.76. The van der Waals surface area contributed by atoms with Crippen LogP contribution in [-0.2, 0) is 4.74 Å². The van der Waals surface area contributed by atoms with Gasteiger partial charge in [0.1, 0.15) is 5.75 Å². The van der Waals surface area contributed by atoms with Crippen molar-refractivity contribution in [2.45, 2.75) is 57.2 Å². The first kappa shape index (κ1) is 14.5. The number of aliphatic hydroxyl groups excluding tert-OH is 1. The van der Waals surface area contributed by atoms with Gasteiger partial charge in [0, 0.05) is 7.11 Å². The Labute approximate surface area is 132 Å². The van der Waals surface area contributed by atoms with Crippen molar-refractivity contribution in [2.75, 3.05) is 7.11 Å². The van der Waals surface area contributed by atoms with Gasteiger partial charge in [-0.1, -0.05) is 13.0 Å². The molecule has 0 bridgehead atoms. The topological polar surface area (TPSA) is 49.7 Å². The van der Waals surface area contributed by atoms with Crippen molar-refractivity contribution in [1.29, 1.82) is 0 Å². The number of fused-ring (bicyclic) bond motifs is 5. The molecule has 0 amide bonds. The third-order valence-corrected chi connectivity index (χ3v) is 6.97. The number of aliphatic hydroxyl groups is 1. The summed E-state index contributed by atoms with van der Waals surface area (Å²) in [7, 11) is 1.77. The third kappa shape index (κ3) is 1.88. The third-order valence-electron chi connectivity index (χ3n) is 6.97.